The van der Waals surface area contributed by atoms with Crippen LogP contribution in [0, 0.1) is 11.3 Å². The van der Waals surface area contributed by atoms with Gasteiger partial charge in [0, 0.05) is 48.7 Å². The van der Waals surface area contributed by atoms with E-state index >= 15 is 0 Å². The van der Waals surface area contributed by atoms with Gasteiger partial charge in [0.25, 0.3) is 5.91 Å². The lowest BCUT2D eigenvalue weighted by Gasteiger charge is -2.33. The molecule has 1 amide bonds. The Morgan fingerprint density at radius 1 is 1.06 bits per heavy atom. The number of benzene rings is 2. The number of aryl methyl sites for hydroxylation is 1. The number of hydrogen-bond acceptors (Lipinski definition) is 6. The molecule has 8 nitrogen and oxygen atoms in total. The number of nitrogens with zero attached hydrogens (tertiary/aromatic N) is 6. The van der Waals surface area contributed by atoms with Crippen LogP contribution in [0.3, 0.4) is 0 Å². The van der Waals surface area contributed by atoms with Crippen molar-refractivity contribution < 1.29 is 4.79 Å². The Kier molecular flexibility index (Phi) is 5.91. The lowest BCUT2D eigenvalue weighted by atomic mass is 10.0. The van der Waals surface area contributed by atoms with Crippen molar-refractivity contribution in [3.05, 3.63) is 71.9 Å². The number of rotatable bonds is 5. The Morgan fingerprint density at radius 3 is 2.53 bits per heavy atom. The van der Waals surface area contributed by atoms with Crippen LogP contribution in [0.15, 0.2) is 60.8 Å². The number of carbonyl (C=O) groups is 1. The maximum absolute atomic E-state index is 12.8. The van der Waals surface area contributed by atoms with Crippen LogP contribution in [0.4, 0.5) is 5.82 Å². The number of carbonyl (C=O) groups excluding carboxylic acids is 1. The minimum Gasteiger partial charge on any atom is -0.354 e. The second-order valence-electron chi connectivity index (χ2n) is 8.48. The average Bonchev–Trinajstić information content (AvgIpc) is 3.30. The SMILES string of the molecule is Cn1nccc1-c1nnc(N2CCC(NC(=O)c3ccccc3CC#N)CC2)c2ccccc12. The van der Waals surface area contributed by atoms with Crippen molar-refractivity contribution in [2.24, 2.45) is 7.05 Å². The number of piperidine rings is 1. The smallest absolute Gasteiger partial charge is 0.251 e. The summed E-state index contributed by atoms with van der Waals surface area (Å²) in [4.78, 5) is 15.1. The van der Waals surface area contributed by atoms with Crippen LogP contribution < -0.4 is 10.2 Å². The molecule has 0 bridgehead atoms. The van der Waals surface area contributed by atoms with Gasteiger partial charge in [-0.1, -0.05) is 42.5 Å². The van der Waals surface area contributed by atoms with E-state index < -0.39 is 0 Å². The van der Waals surface area contributed by atoms with Crippen molar-refractivity contribution in [1.29, 1.82) is 5.26 Å². The van der Waals surface area contributed by atoms with Gasteiger partial charge in [0.1, 0.15) is 5.69 Å². The maximum atomic E-state index is 12.8. The van der Waals surface area contributed by atoms with Gasteiger partial charge in [0.05, 0.1) is 18.2 Å². The molecule has 0 unspecified atom stereocenters. The van der Waals surface area contributed by atoms with E-state index in [4.69, 9.17) is 5.26 Å². The van der Waals surface area contributed by atoms with Crippen LogP contribution in [0.2, 0.25) is 0 Å². The second-order valence-corrected chi connectivity index (χ2v) is 8.48. The zero-order valence-electron chi connectivity index (χ0n) is 19.0. The first kappa shape index (κ1) is 21.6. The van der Waals surface area contributed by atoms with Crippen molar-refractivity contribution in [3.8, 4) is 17.5 Å². The molecule has 1 fully saturated rings. The monoisotopic (exact) mass is 451 g/mol. The van der Waals surface area contributed by atoms with E-state index in [1.807, 2.05) is 43.4 Å². The summed E-state index contributed by atoms with van der Waals surface area (Å²) in [6.45, 7) is 1.54. The molecule has 3 heterocycles. The Balaban J connectivity index is 1.32. The highest BCUT2D eigenvalue weighted by Crippen LogP contribution is 2.32. The Hall–Kier alpha value is -4.25. The first-order valence-corrected chi connectivity index (χ1v) is 11.4. The van der Waals surface area contributed by atoms with Crippen molar-refractivity contribution in [1.82, 2.24) is 25.3 Å². The lowest BCUT2D eigenvalue weighted by molar-refractivity contribution is 0.0930. The molecule has 34 heavy (non-hydrogen) atoms. The number of fused-ring (bicyclic) bond motifs is 1. The van der Waals surface area contributed by atoms with E-state index in [1.165, 1.54) is 0 Å². The van der Waals surface area contributed by atoms with E-state index in [0.717, 1.165) is 59.5 Å². The summed E-state index contributed by atoms with van der Waals surface area (Å²) in [5.41, 5.74) is 3.08. The summed E-state index contributed by atoms with van der Waals surface area (Å²) in [6, 6.07) is 19.6. The van der Waals surface area contributed by atoms with E-state index in [9.17, 15) is 4.79 Å². The molecule has 0 saturated carbocycles. The lowest BCUT2D eigenvalue weighted by Crippen LogP contribution is -2.45. The summed E-state index contributed by atoms with van der Waals surface area (Å²) in [5, 5.41) is 27.7. The Bertz CT molecular complexity index is 1380. The number of anilines is 1. The molecule has 170 valence electrons. The molecule has 4 aromatic rings. The van der Waals surface area contributed by atoms with E-state index in [-0.39, 0.29) is 18.4 Å². The summed E-state index contributed by atoms with van der Waals surface area (Å²) < 4.78 is 1.80. The van der Waals surface area contributed by atoms with Gasteiger partial charge in [-0.15, -0.1) is 10.2 Å². The summed E-state index contributed by atoms with van der Waals surface area (Å²) in [6.07, 6.45) is 3.61. The Morgan fingerprint density at radius 2 is 1.79 bits per heavy atom. The van der Waals surface area contributed by atoms with Crippen LogP contribution in [0.25, 0.3) is 22.2 Å². The van der Waals surface area contributed by atoms with E-state index in [2.05, 4.69) is 43.7 Å². The second kappa shape index (κ2) is 9.32. The van der Waals surface area contributed by atoms with Crippen molar-refractivity contribution in [2.45, 2.75) is 25.3 Å². The highest BCUT2D eigenvalue weighted by Gasteiger charge is 2.25. The van der Waals surface area contributed by atoms with Gasteiger partial charge in [-0.05, 0) is 30.5 Å². The molecule has 1 N–H and O–H groups in total. The van der Waals surface area contributed by atoms with Gasteiger partial charge in [0.2, 0.25) is 0 Å². The van der Waals surface area contributed by atoms with Gasteiger partial charge in [0.15, 0.2) is 5.82 Å². The highest BCUT2D eigenvalue weighted by atomic mass is 16.1. The molecule has 0 atom stereocenters. The third-order valence-corrected chi connectivity index (χ3v) is 6.39. The number of aromatic nitrogens is 4. The first-order valence-electron chi connectivity index (χ1n) is 11.4. The van der Waals surface area contributed by atoms with Gasteiger partial charge >= 0.3 is 0 Å². The topological polar surface area (TPSA) is 99.7 Å². The van der Waals surface area contributed by atoms with Crippen LogP contribution >= 0.6 is 0 Å². The molecule has 1 aliphatic heterocycles. The van der Waals surface area contributed by atoms with Gasteiger partial charge in [-0.25, -0.2) is 0 Å². The van der Waals surface area contributed by atoms with Gasteiger partial charge < -0.3 is 10.2 Å². The molecule has 2 aromatic heterocycles. The quantitative estimate of drug-likeness (QED) is 0.499. The first-order chi connectivity index (χ1) is 16.7. The molecule has 8 heteroatoms. The minimum absolute atomic E-state index is 0.0758. The molecule has 5 rings (SSSR count). The normalized spacial score (nSPS) is 14.2. The van der Waals surface area contributed by atoms with Crippen LogP contribution in [-0.2, 0) is 13.5 Å². The van der Waals surface area contributed by atoms with Gasteiger partial charge in [-0.3, -0.25) is 9.48 Å². The molecule has 0 spiro atoms. The summed E-state index contributed by atoms with van der Waals surface area (Å²) >= 11 is 0. The van der Waals surface area contributed by atoms with Crippen molar-refractivity contribution >= 4 is 22.5 Å². The average molecular weight is 452 g/mol. The predicted molar refractivity (Wildman–Crippen MR) is 130 cm³/mol. The molecule has 0 aliphatic carbocycles. The zero-order chi connectivity index (χ0) is 23.5. The summed E-state index contributed by atoms with van der Waals surface area (Å²) in [5.74, 6) is 0.751. The largest absolute Gasteiger partial charge is 0.354 e. The highest BCUT2D eigenvalue weighted by molar-refractivity contribution is 6.00. The number of nitrogens with one attached hydrogen (secondary N) is 1. The molecule has 1 saturated heterocycles. The fourth-order valence-electron chi connectivity index (χ4n) is 4.60. The number of nitriles is 1. The standard InChI is InChI=1S/C26H25N7O/c1-32-23(11-15-28-32)24-21-8-4-5-9-22(21)25(31-30-24)33-16-12-19(13-17-33)29-26(34)20-7-3-2-6-18(20)10-14-27/h2-9,11,15,19H,10,12-13,16-17H2,1H3,(H,29,34). The molecular formula is C26H25N7O. The summed E-state index contributed by atoms with van der Waals surface area (Å²) in [7, 11) is 1.90. The fourth-order valence-corrected chi connectivity index (χ4v) is 4.60. The molecule has 2 aromatic carbocycles. The number of amides is 1. The Labute approximate surface area is 197 Å². The molecule has 0 radical (unpaired) electrons. The zero-order valence-corrected chi connectivity index (χ0v) is 19.0. The van der Waals surface area contributed by atoms with Crippen LogP contribution in [0.5, 0.6) is 0 Å². The van der Waals surface area contributed by atoms with Crippen LogP contribution in [0.1, 0.15) is 28.8 Å². The molecular weight excluding hydrogens is 426 g/mol. The fraction of sp³-hybridized carbons (Fsp3) is 0.269. The van der Waals surface area contributed by atoms with E-state index in [1.54, 1.807) is 16.9 Å². The predicted octanol–water partition coefficient (Wildman–Crippen LogP) is 3.50. The van der Waals surface area contributed by atoms with Gasteiger partial charge in [-0.2, -0.15) is 10.4 Å². The third-order valence-electron chi connectivity index (χ3n) is 6.39. The minimum atomic E-state index is -0.116. The maximum Gasteiger partial charge on any atom is 0.251 e. The van der Waals surface area contributed by atoms with E-state index in [0.29, 0.717) is 5.56 Å². The third kappa shape index (κ3) is 4.08. The number of hydrogen-bond donors (Lipinski definition) is 1. The van der Waals surface area contributed by atoms with Crippen molar-refractivity contribution in [3.63, 3.8) is 0 Å². The molecule has 1 aliphatic rings. The van der Waals surface area contributed by atoms with Crippen LogP contribution in [-0.4, -0.2) is 45.0 Å². The van der Waals surface area contributed by atoms with Crippen molar-refractivity contribution in [2.75, 3.05) is 18.0 Å².